The maximum Gasteiger partial charge on any atom is 0.410 e. The standard InChI is InChI=1S/C15H19NO3/c1-3-4-10-14(12-17)16(15(18)19-2)11-13-8-6-5-7-9-13/h3-10,14,17H,1,11-12H2,2H3/b10-4+. The average Bonchev–Trinajstić information content (AvgIpc) is 2.47. The SMILES string of the molecule is C=C/C=C/C(CO)N(Cc1ccccc1)C(=O)OC. The minimum Gasteiger partial charge on any atom is -0.453 e. The van der Waals surface area contributed by atoms with Crippen LogP contribution in [0.15, 0.2) is 55.1 Å². The third-order valence-corrected chi connectivity index (χ3v) is 2.66. The van der Waals surface area contributed by atoms with Crippen molar-refractivity contribution in [3.8, 4) is 0 Å². The van der Waals surface area contributed by atoms with E-state index in [-0.39, 0.29) is 6.61 Å². The van der Waals surface area contributed by atoms with Gasteiger partial charge in [-0.1, -0.05) is 55.1 Å². The second-order valence-corrected chi connectivity index (χ2v) is 3.95. The van der Waals surface area contributed by atoms with E-state index in [0.29, 0.717) is 6.54 Å². The molecule has 0 spiro atoms. The molecule has 0 saturated carbocycles. The number of amides is 1. The molecule has 19 heavy (non-hydrogen) atoms. The number of allylic oxidation sites excluding steroid dienone is 2. The summed E-state index contributed by atoms with van der Waals surface area (Å²) in [6.45, 7) is 3.77. The van der Waals surface area contributed by atoms with Gasteiger partial charge >= 0.3 is 6.09 Å². The molecule has 1 rings (SSSR count). The van der Waals surface area contributed by atoms with Gasteiger partial charge in [0.1, 0.15) is 0 Å². The molecular formula is C15H19NO3. The summed E-state index contributed by atoms with van der Waals surface area (Å²) in [4.78, 5) is 13.3. The number of carbonyl (C=O) groups is 1. The molecule has 0 aliphatic carbocycles. The fourth-order valence-corrected chi connectivity index (χ4v) is 1.68. The zero-order valence-electron chi connectivity index (χ0n) is 11.0. The molecule has 0 fully saturated rings. The van der Waals surface area contributed by atoms with Gasteiger partial charge in [-0.25, -0.2) is 4.79 Å². The van der Waals surface area contributed by atoms with E-state index in [4.69, 9.17) is 4.74 Å². The maximum absolute atomic E-state index is 11.8. The monoisotopic (exact) mass is 261 g/mol. The number of aliphatic hydroxyl groups is 1. The van der Waals surface area contributed by atoms with E-state index in [1.807, 2.05) is 30.3 Å². The highest BCUT2D eigenvalue weighted by Gasteiger charge is 2.21. The van der Waals surface area contributed by atoms with Crippen LogP contribution >= 0.6 is 0 Å². The normalized spacial score (nSPS) is 12.1. The first-order chi connectivity index (χ1) is 9.22. The first-order valence-corrected chi connectivity index (χ1v) is 6.01. The summed E-state index contributed by atoms with van der Waals surface area (Å²) >= 11 is 0. The molecular weight excluding hydrogens is 242 g/mol. The Hall–Kier alpha value is -2.07. The highest BCUT2D eigenvalue weighted by molar-refractivity contribution is 5.68. The summed E-state index contributed by atoms with van der Waals surface area (Å²) in [7, 11) is 1.33. The van der Waals surface area contributed by atoms with Gasteiger partial charge in [0.05, 0.1) is 19.8 Å². The van der Waals surface area contributed by atoms with Crippen molar-refractivity contribution in [1.29, 1.82) is 0 Å². The number of carbonyl (C=O) groups excluding carboxylic acids is 1. The Morgan fingerprint density at radius 2 is 2.16 bits per heavy atom. The lowest BCUT2D eigenvalue weighted by Gasteiger charge is -2.27. The second-order valence-electron chi connectivity index (χ2n) is 3.95. The van der Waals surface area contributed by atoms with Crippen LogP contribution in [0.2, 0.25) is 0 Å². The van der Waals surface area contributed by atoms with Gasteiger partial charge in [-0.2, -0.15) is 0 Å². The van der Waals surface area contributed by atoms with Crippen LogP contribution in [0.4, 0.5) is 4.79 Å². The number of hydrogen-bond acceptors (Lipinski definition) is 3. The van der Waals surface area contributed by atoms with E-state index in [0.717, 1.165) is 5.56 Å². The van der Waals surface area contributed by atoms with Crippen LogP contribution < -0.4 is 0 Å². The summed E-state index contributed by atoms with van der Waals surface area (Å²) in [5.41, 5.74) is 0.971. The Bertz CT molecular complexity index is 428. The molecule has 0 aliphatic heterocycles. The Labute approximate surface area is 113 Å². The Balaban J connectivity index is 2.90. The lowest BCUT2D eigenvalue weighted by atomic mass is 10.1. The van der Waals surface area contributed by atoms with Crippen molar-refractivity contribution in [3.63, 3.8) is 0 Å². The first-order valence-electron chi connectivity index (χ1n) is 6.01. The molecule has 0 heterocycles. The number of methoxy groups -OCH3 is 1. The largest absolute Gasteiger partial charge is 0.453 e. The highest BCUT2D eigenvalue weighted by Crippen LogP contribution is 2.11. The molecule has 0 saturated heterocycles. The van der Waals surface area contributed by atoms with Crippen molar-refractivity contribution in [1.82, 2.24) is 4.90 Å². The molecule has 0 bridgehead atoms. The van der Waals surface area contributed by atoms with E-state index in [9.17, 15) is 9.90 Å². The van der Waals surface area contributed by atoms with Crippen LogP contribution in [-0.2, 0) is 11.3 Å². The van der Waals surface area contributed by atoms with Crippen molar-refractivity contribution in [2.45, 2.75) is 12.6 Å². The van der Waals surface area contributed by atoms with E-state index in [1.165, 1.54) is 12.0 Å². The average molecular weight is 261 g/mol. The van der Waals surface area contributed by atoms with Gasteiger partial charge in [-0.15, -0.1) is 0 Å². The summed E-state index contributed by atoms with van der Waals surface area (Å²) in [5.74, 6) is 0. The van der Waals surface area contributed by atoms with Gasteiger partial charge in [0.15, 0.2) is 0 Å². The molecule has 102 valence electrons. The molecule has 4 nitrogen and oxygen atoms in total. The molecule has 1 unspecified atom stereocenters. The van der Waals surface area contributed by atoms with Crippen molar-refractivity contribution in [2.75, 3.05) is 13.7 Å². The lowest BCUT2D eigenvalue weighted by molar-refractivity contribution is 0.0928. The van der Waals surface area contributed by atoms with Gasteiger partial charge in [0.2, 0.25) is 0 Å². The third-order valence-electron chi connectivity index (χ3n) is 2.66. The number of rotatable bonds is 6. The number of ether oxygens (including phenoxy) is 1. The van der Waals surface area contributed by atoms with Crippen LogP contribution in [-0.4, -0.2) is 35.9 Å². The molecule has 0 aromatic heterocycles. The van der Waals surface area contributed by atoms with Crippen molar-refractivity contribution in [3.05, 3.63) is 60.7 Å². The summed E-state index contributed by atoms with van der Waals surface area (Å²) in [6.07, 6.45) is 4.53. The minimum atomic E-state index is -0.475. The zero-order chi connectivity index (χ0) is 14.1. The van der Waals surface area contributed by atoms with E-state index < -0.39 is 12.1 Å². The number of aliphatic hydroxyl groups excluding tert-OH is 1. The molecule has 1 atom stereocenters. The van der Waals surface area contributed by atoms with Crippen LogP contribution in [0.5, 0.6) is 0 Å². The highest BCUT2D eigenvalue weighted by atomic mass is 16.5. The third kappa shape index (κ3) is 4.60. The molecule has 1 aromatic carbocycles. The molecule has 1 aromatic rings. The topological polar surface area (TPSA) is 49.8 Å². The fourth-order valence-electron chi connectivity index (χ4n) is 1.68. The van der Waals surface area contributed by atoms with Gasteiger partial charge < -0.3 is 9.84 Å². The molecule has 1 amide bonds. The summed E-state index contributed by atoms with van der Waals surface area (Å²) in [6, 6.07) is 9.11. The second kappa shape index (κ2) is 8.11. The van der Waals surface area contributed by atoms with Gasteiger partial charge in [0, 0.05) is 6.54 Å². The lowest BCUT2D eigenvalue weighted by Crippen LogP contribution is -2.40. The number of nitrogens with zero attached hydrogens (tertiary/aromatic N) is 1. The summed E-state index contributed by atoms with van der Waals surface area (Å²) in [5, 5.41) is 9.41. The Kier molecular flexibility index (Phi) is 6.39. The van der Waals surface area contributed by atoms with Crippen LogP contribution in [0, 0.1) is 0 Å². The van der Waals surface area contributed by atoms with Crippen LogP contribution in [0.25, 0.3) is 0 Å². The minimum absolute atomic E-state index is 0.174. The predicted molar refractivity (Wildman–Crippen MR) is 74.6 cm³/mol. The molecule has 4 heteroatoms. The van der Waals surface area contributed by atoms with Gasteiger partial charge in [0.25, 0.3) is 0 Å². The quantitative estimate of drug-likeness (QED) is 0.800. The number of benzene rings is 1. The summed E-state index contributed by atoms with van der Waals surface area (Å²) < 4.78 is 4.76. The van der Waals surface area contributed by atoms with Crippen LogP contribution in [0.3, 0.4) is 0 Å². The first kappa shape index (κ1) is 15.0. The predicted octanol–water partition coefficient (Wildman–Crippen LogP) is 2.36. The zero-order valence-corrected chi connectivity index (χ0v) is 11.0. The Morgan fingerprint density at radius 3 is 2.68 bits per heavy atom. The van der Waals surface area contributed by atoms with E-state index in [1.54, 1.807) is 18.2 Å². The Morgan fingerprint density at radius 1 is 1.47 bits per heavy atom. The van der Waals surface area contributed by atoms with Crippen LogP contribution in [0.1, 0.15) is 5.56 Å². The van der Waals surface area contributed by atoms with Gasteiger partial charge in [-0.3, -0.25) is 4.90 Å². The van der Waals surface area contributed by atoms with E-state index >= 15 is 0 Å². The molecule has 0 aliphatic rings. The van der Waals surface area contributed by atoms with Crippen molar-refractivity contribution >= 4 is 6.09 Å². The molecule has 0 radical (unpaired) electrons. The van der Waals surface area contributed by atoms with Gasteiger partial charge in [-0.05, 0) is 5.56 Å². The van der Waals surface area contributed by atoms with Crippen molar-refractivity contribution < 1.29 is 14.6 Å². The van der Waals surface area contributed by atoms with E-state index in [2.05, 4.69) is 6.58 Å². The van der Waals surface area contributed by atoms with Crippen molar-refractivity contribution in [2.24, 2.45) is 0 Å². The number of hydrogen-bond donors (Lipinski definition) is 1. The maximum atomic E-state index is 11.8. The smallest absolute Gasteiger partial charge is 0.410 e. The molecule has 1 N–H and O–H groups in total. The fraction of sp³-hybridized carbons (Fsp3) is 0.267.